The van der Waals surface area contributed by atoms with Crippen LogP contribution in [0.4, 0.5) is 0 Å². The van der Waals surface area contributed by atoms with E-state index in [1.165, 1.54) is 13.2 Å². The first kappa shape index (κ1) is 23.1. The zero-order valence-electron chi connectivity index (χ0n) is 18.3. The number of carbonyl (C=O) groups excluding carboxylic acids is 1. The molecule has 0 bridgehead atoms. The summed E-state index contributed by atoms with van der Waals surface area (Å²) in [5.41, 5.74) is 2.44. The van der Waals surface area contributed by atoms with E-state index < -0.39 is 5.56 Å². The summed E-state index contributed by atoms with van der Waals surface area (Å²) < 4.78 is 5.16. The van der Waals surface area contributed by atoms with Crippen molar-refractivity contribution in [2.45, 2.75) is 6.42 Å². The summed E-state index contributed by atoms with van der Waals surface area (Å²) in [6.45, 7) is 0.459. The molecule has 0 saturated heterocycles. The highest BCUT2D eigenvalue weighted by Gasteiger charge is 2.10. The smallest absolute Gasteiger partial charge is 0.274 e. The van der Waals surface area contributed by atoms with Crippen LogP contribution in [0.1, 0.15) is 27.2 Å². The van der Waals surface area contributed by atoms with E-state index in [1.54, 1.807) is 42.5 Å². The minimum atomic E-state index is -0.484. The summed E-state index contributed by atoms with van der Waals surface area (Å²) >= 11 is 5.89. The first-order valence-corrected chi connectivity index (χ1v) is 10.9. The number of ether oxygens (including phenoxy) is 1. The summed E-state index contributed by atoms with van der Waals surface area (Å²) in [5, 5.41) is 14.0. The normalized spacial score (nSPS) is 11.4. The number of rotatable bonds is 7. The number of halogens is 1. The van der Waals surface area contributed by atoms with Crippen LogP contribution in [0.25, 0.3) is 22.9 Å². The highest BCUT2D eigenvalue weighted by molar-refractivity contribution is 6.30. The van der Waals surface area contributed by atoms with Crippen molar-refractivity contribution in [2.24, 2.45) is 0 Å². The Labute approximate surface area is 200 Å². The molecular formula is C26H22ClN3O4. The average molecular weight is 476 g/mol. The lowest BCUT2D eigenvalue weighted by molar-refractivity contribution is 0.0954. The van der Waals surface area contributed by atoms with Gasteiger partial charge >= 0.3 is 0 Å². The summed E-state index contributed by atoms with van der Waals surface area (Å²) in [6.07, 6.45) is 1.96. The lowest BCUT2D eigenvalue weighted by atomic mass is 10.1. The van der Waals surface area contributed by atoms with Crippen molar-refractivity contribution in [1.29, 1.82) is 0 Å². The van der Waals surface area contributed by atoms with Gasteiger partial charge in [-0.1, -0.05) is 35.9 Å². The van der Waals surface area contributed by atoms with Crippen molar-refractivity contribution in [3.8, 4) is 5.75 Å². The van der Waals surface area contributed by atoms with Gasteiger partial charge in [0.2, 0.25) is 0 Å². The highest BCUT2D eigenvalue weighted by Crippen LogP contribution is 2.20. The van der Waals surface area contributed by atoms with Crippen LogP contribution in [-0.4, -0.2) is 34.6 Å². The number of methoxy groups -OCH3 is 1. The second-order valence-electron chi connectivity index (χ2n) is 7.58. The third kappa shape index (κ3) is 5.44. The lowest BCUT2D eigenvalue weighted by Crippen LogP contribution is -2.25. The molecule has 8 heteroatoms. The monoisotopic (exact) mass is 475 g/mol. The van der Waals surface area contributed by atoms with Gasteiger partial charge in [0.1, 0.15) is 17.2 Å². The molecule has 0 fully saturated rings. The van der Waals surface area contributed by atoms with Crippen molar-refractivity contribution in [3.63, 3.8) is 0 Å². The van der Waals surface area contributed by atoms with E-state index >= 15 is 0 Å². The maximum absolute atomic E-state index is 12.5. The van der Waals surface area contributed by atoms with Gasteiger partial charge in [0, 0.05) is 28.8 Å². The van der Waals surface area contributed by atoms with E-state index in [9.17, 15) is 14.7 Å². The summed E-state index contributed by atoms with van der Waals surface area (Å²) in [5.74, 6) is 0.209. The van der Waals surface area contributed by atoms with Crippen molar-refractivity contribution in [2.75, 3.05) is 13.7 Å². The molecule has 34 heavy (non-hydrogen) atoms. The molecule has 3 aromatic carbocycles. The molecule has 0 saturated carbocycles. The number of aromatic amines is 1. The predicted molar refractivity (Wildman–Crippen MR) is 133 cm³/mol. The van der Waals surface area contributed by atoms with Gasteiger partial charge < -0.3 is 20.1 Å². The molecule has 0 aliphatic carbocycles. The summed E-state index contributed by atoms with van der Waals surface area (Å²) in [7, 11) is 1.53. The van der Waals surface area contributed by atoms with Crippen LogP contribution in [0, 0.1) is 0 Å². The molecule has 3 N–H and O–H groups in total. The van der Waals surface area contributed by atoms with Crippen LogP contribution in [0.15, 0.2) is 71.5 Å². The number of aliphatic hydroxyl groups excluding tert-OH is 1. The summed E-state index contributed by atoms with van der Waals surface area (Å²) in [4.78, 5) is 32.2. The van der Waals surface area contributed by atoms with Gasteiger partial charge in [0.25, 0.3) is 11.5 Å². The quantitative estimate of drug-likeness (QED) is 0.338. The van der Waals surface area contributed by atoms with Crippen molar-refractivity contribution in [1.82, 2.24) is 15.3 Å². The van der Waals surface area contributed by atoms with Crippen molar-refractivity contribution < 1.29 is 14.6 Å². The summed E-state index contributed by atoms with van der Waals surface area (Å²) in [6, 6.07) is 19.2. The number of aromatic nitrogens is 2. The molecular weight excluding hydrogens is 454 g/mol. The number of amides is 1. The van der Waals surface area contributed by atoms with Gasteiger partial charge in [0.15, 0.2) is 0 Å². The van der Waals surface area contributed by atoms with Crippen molar-refractivity contribution >= 4 is 40.4 Å². The van der Waals surface area contributed by atoms with Crippen LogP contribution in [0.3, 0.4) is 0 Å². The van der Waals surface area contributed by atoms with Gasteiger partial charge in [-0.2, -0.15) is 0 Å². The van der Waals surface area contributed by atoms with Gasteiger partial charge in [0.05, 0.1) is 18.1 Å². The van der Waals surface area contributed by atoms with E-state index in [1.807, 2.05) is 24.3 Å². The van der Waals surface area contributed by atoms with Crippen LogP contribution < -0.4 is 15.6 Å². The van der Waals surface area contributed by atoms with Crippen molar-refractivity contribution in [3.05, 3.63) is 104 Å². The fourth-order valence-electron chi connectivity index (χ4n) is 3.41. The van der Waals surface area contributed by atoms with Gasteiger partial charge in [-0.25, -0.2) is 4.98 Å². The van der Waals surface area contributed by atoms with E-state index in [0.29, 0.717) is 45.9 Å². The van der Waals surface area contributed by atoms with Gasteiger partial charge in [-0.05, 0) is 54.4 Å². The van der Waals surface area contributed by atoms with E-state index in [2.05, 4.69) is 15.3 Å². The number of hydrogen-bond donors (Lipinski definition) is 3. The highest BCUT2D eigenvalue weighted by atomic mass is 35.5. The Kier molecular flexibility index (Phi) is 6.94. The van der Waals surface area contributed by atoms with Crippen LogP contribution >= 0.6 is 11.6 Å². The Bertz CT molecular complexity index is 1430. The number of fused-ring (bicyclic) bond motifs is 1. The Morgan fingerprint density at radius 1 is 1.12 bits per heavy atom. The fraction of sp³-hybridized carbons (Fsp3) is 0.115. The SMILES string of the molecule is COc1cccc(C(O)=Cc2nc3ccc(C(=O)NCCc4ccc(Cl)cc4)cc3[nH]c2=O)c1. The first-order valence-electron chi connectivity index (χ1n) is 10.5. The standard InChI is InChI=1S/C26H22ClN3O4/c1-34-20-4-2-3-17(13-20)24(31)15-23-26(33)30-22-14-18(7-10-21(22)29-23)25(32)28-12-11-16-5-8-19(27)9-6-16/h2-10,13-15,31H,11-12H2,1H3,(H,28,32)(H,30,33). The molecule has 4 rings (SSSR count). The number of hydrogen-bond acceptors (Lipinski definition) is 5. The molecule has 4 aromatic rings. The molecule has 0 radical (unpaired) electrons. The van der Waals surface area contributed by atoms with Crippen LogP contribution in [-0.2, 0) is 6.42 Å². The maximum Gasteiger partial charge on any atom is 0.274 e. The topological polar surface area (TPSA) is 104 Å². The molecule has 0 aliphatic heterocycles. The molecule has 1 heterocycles. The third-order valence-electron chi connectivity index (χ3n) is 5.23. The molecule has 0 unspecified atom stereocenters. The van der Waals surface area contributed by atoms with Gasteiger partial charge in [-0.15, -0.1) is 0 Å². The van der Waals surface area contributed by atoms with Crippen LogP contribution in [0.2, 0.25) is 5.02 Å². The molecule has 172 valence electrons. The van der Waals surface area contributed by atoms with E-state index in [4.69, 9.17) is 16.3 Å². The number of nitrogens with one attached hydrogen (secondary N) is 2. The average Bonchev–Trinajstić information content (AvgIpc) is 2.85. The Morgan fingerprint density at radius 2 is 1.91 bits per heavy atom. The maximum atomic E-state index is 12.5. The molecule has 0 spiro atoms. The third-order valence-corrected chi connectivity index (χ3v) is 5.48. The Morgan fingerprint density at radius 3 is 2.68 bits per heavy atom. The van der Waals surface area contributed by atoms with E-state index in [-0.39, 0.29) is 17.4 Å². The van der Waals surface area contributed by atoms with Crippen LogP contribution in [0.5, 0.6) is 5.75 Å². The second-order valence-corrected chi connectivity index (χ2v) is 8.01. The molecule has 7 nitrogen and oxygen atoms in total. The predicted octanol–water partition coefficient (Wildman–Crippen LogP) is 4.61. The fourth-order valence-corrected chi connectivity index (χ4v) is 3.53. The number of H-pyrrole nitrogens is 1. The Balaban J connectivity index is 1.50. The lowest BCUT2D eigenvalue weighted by Gasteiger charge is -2.07. The molecule has 0 atom stereocenters. The zero-order chi connectivity index (χ0) is 24.1. The zero-order valence-corrected chi connectivity index (χ0v) is 19.1. The number of carbonyl (C=O) groups is 1. The largest absolute Gasteiger partial charge is 0.507 e. The molecule has 0 aliphatic rings. The number of benzene rings is 3. The molecule has 1 aromatic heterocycles. The second kappa shape index (κ2) is 10.2. The van der Waals surface area contributed by atoms with E-state index in [0.717, 1.165) is 5.56 Å². The minimum Gasteiger partial charge on any atom is -0.507 e. The van der Waals surface area contributed by atoms with Gasteiger partial charge in [-0.3, -0.25) is 9.59 Å². The first-order chi connectivity index (χ1) is 16.4. The number of nitrogens with zero attached hydrogens (tertiary/aromatic N) is 1. The number of aliphatic hydroxyl groups is 1. The molecule has 1 amide bonds. The Hall–Kier alpha value is -4.10. The minimum absolute atomic E-state index is 0.0491.